The Morgan fingerprint density at radius 3 is 2.03 bits per heavy atom. The predicted octanol–water partition coefficient (Wildman–Crippen LogP) is 5.93. The summed E-state index contributed by atoms with van der Waals surface area (Å²) in [5, 5.41) is 0. The minimum atomic E-state index is -3.77. The summed E-state index contributed by atoms with van der Waals surface area (Å²) in [4.78, 5) is 4.81. The normalized spacial score (nSPS) is 14.1. The second kappa shape index (κ2) is 11.0. The summed E-state index contributed by atoms with van der Waals surface area (Å²) >= 11 is 0. The number of terminal acetylenes is 1. The van der Waals surface area contributed by atoms with Crippen LogP contribution in [0.3, 0.4) is 0 Å². The predicted molar refractivity (Wildman–Crippen MR) is 132 cm³/mol. The van der Waals surface area contributed by atoms with Gasteiger partial charge in [0.1, 0.15) is 12.4 Å². The third-order valence-corrected chi connectivity index (χ3v) is 15.3. The first-order valence-electron chi connectivity index (χ1n) is 10.6. The summed E-state index contributed by atoms with van der Waals surface area (Å²) in [7, 11) is -5.87. The number of allylic oxidation sites excluding steroid dienone is 1. The molecule has 1 aromatic carbocycles. The Labute approximate surface area is 185 Å². The van der Waals surface area contributed by atoms with Crippen molar-refractivity contribution in [3.8, 4) is 12.3 Å². The fourth-order valence-electron chi connectivity index (χ4n) is 5.18. The van der Waals surface area contributed by atoms with E-state index < -0.39 is 18.1 Å². The van der Waals surface area contributed by atoms with Crippen molar-refractivity contribution in [2.45, 2.75) is 81.9 Å². The van der Waals surface area contributed by atoms with Crippen LogP contribution < -0.4 is 4.72 Å². The summed E-state index contributed by atoms with van der Waals surface area (Å²) in [6, 6.07) is 6.83. The van der Waals surface area contributed by atoms with Crippen LogP contribution in [0.1, 0.15) is 53.5 Å². The zero-order valence-electron chi connectivity index (χ0n) is 19.6. The fourth-order valence-corrected chi connectivity index (χ4v) is 14.0. The van der Waals surface area contributed by atoms with Gasteiger partial charge in [-0.2, -0.15) is 0 Å². The van der Waals surface area contributed by atoms with Gasteiger partial charge in [-0.15, -0.1) is 13.0 Å². The number of nitrogens with zero attached hydrogens (tertiary/aromatic N) is 1. The molecule has 30 heavy (non-hydrogen) atoms. The van der Waals surface area contributed by atoms with E-state index in [1.165, 1.54) is 0 Å². The van der Waals surface area contributed by atoms with Gasteiger partial charge in [0.25, 0.3) is 10.0 Å². The summed E-state index contributed by atoms with van der Waals surface area (Å²) in [6.45, 7) is 19.6. The van der Waals surface area contributed by atoms with Gasteiger partial charge in [0.15, 0.2) is 0 Å². The minimum Gasteiger partial charge on any atom is -0.267 e. The number of aryl methyl sites for hydroxylation is 1. The van der Waals surface area contributed by atoms with Crippen LogP contribution in [0.4, 0.5) is 0 Å². The molecule has 0 heterocycles. The maximum absolute atomic E-state index is 13.2. The lowest BCUT2D eigenvalue weighted by molar-refractivity contribution is 0.591. The molecule has 1 rings (SSSR count). The van der Waals surface area contributed by atoms with Gasteiger partial charge in [-0.25, -0.2) is 8.42 Å². The number of rotatable bonds is 10. The average Bonchev–Trinajstić information content (AvgIpc) is 2.64. The first kappa shape index (κ1) is 26.2. The first-order valence-corrected chi connectivity index (χ1v) is 14.4. The molecule has 6 heteroatoms. The molecule has 1 atom stereocenters. The van der Waals surface area contributed by atoms with Gasteiger partial charge in [-0.3, -0.25) is 9.71 Å². The number of sulfonamides is 1. The number of amidine groups is 1. The molecule has 0 aliphatic heterocycles. The van der Waals surface area contributed by atoms with Crippen LogP contribution in [0.15, 0.2) is 46.8 Å². The average molecular weight is 447 g/mol. The molecule has 0 saturated heterocycles. The fraction of sp³-hybridized carbons (Fsp3) is 0.542. The van der Waals surface area contributed by atoms with Crippen molar-refractivity contribution in [3.05, 3.63) is 42.5 Å². The van der Waals surface area contributed by atoms with Crippen LogP contribution in [0, 0.1) is 19.3 Å². The Balaban J connectivity index is 3.63. The number of aliphatic imine (C=N–C) groups is 1. The molecular formula is C24H38N2O2SSi. The van der Waals surface area contributed by atoms with Gasteiger partial charge in [-0.1, -0.05) is 71.2 Å². The van der Waals surface area contributed by atoms with Crippen molar-refractivity contribution in [3.63, 3.8) is 0 Å². The Morgan fingerprint density at radius 2 is 1.63 bits per heavy atom. The molecule has 1 aromatic rings. The largest absolute Gasteiger partial charge is 0.267 e. The lowest BCUT2D eigenvalue weighted by Crippen LogP contribution is -2.54. The van der Waals surface area contributed by atoms with Crippen molar-refractivity contribution in [1.29, 1.82) is 0 Å². The summed E-state index contributed by atoms with van der Waals surface area (Å²) < 4.78 is 29.2. The van der Waals surface area contributed by atoms with Gasteiger partial charge >= 0.3 is 0 Å². The Bertz CT molecular complexity index is 857. The van der Waals surface area contributed by atoms with Crippen molar-refractivity contribution in [2.75, 3.05) is 6.54 Å². The van der Waals surface area contributed by atoms with E-state index in [2.05, 4.69) is 63.8 Å². The highest BCUT2D eigenvalue weighted by molar-refractivity contribution is 7.90. The lowest BCUT2D eigenvalue weighted by Gasteiger charge is -2.49. The molecule has 0 amide bonds. The molecule has 0 bridgehead atoms. The number of hydrogen-bond acceptors (Lipinski definition) is 3. The summed E-state index contributed by atoms with van der Waals surface area (Å²) in [6.07, 6.45) is 8.04. The van der Waals surface area contributed by atoms with Crippen LogP contribution in [0.5, 0.6) is 0 Å². The molecule has 4 nitrogen and oxygen atoms in total. The smallest absolute Gasteiger partial charge is 0.262 e. The highest BCUT2D eigenvalue weighted by atomic mass is 32.2. The Kier molecular flexibility index (Phi) is 9.58. The SMILES string of the molecule is C#CCN=C(NS(=O)(=O)c1ccc(C)cc1)C(CC=C)[Si](C(C)C)(C(C)C)C(C)C. The molecule has 0 radical (unpaired) electrons. The molecule has 0 aliphatic carbocycles. The number of hydrogen-bond donors (Lipinski definition) is 1. The van der Waals surface area contributed by atoms with Gasteiger partial charge in [0.2, 0.25) is 0 Å². The van der Waals surface area contributed by atoms with Crippen LogP contribution in [0.25, 0.3) is 0 Å². The lowest BCUT2D eigenvalue weighted by atomic mass is 10.2. The van der Waals surface area contributed by atoms with Gasteiger partial charge < -0.3 is 0 Å². The third kappa shape index (κ3) is 5.64. The number of benzene rings is 1. The maximum atomic E-state index is 13.2. The van der Waals surface area contributed by atoms with E-state index in [1.54, 1.807) is 24.3 Å². The minimum absolute atomic E-state index is 0.0245. The second-order valence-corrected chi connectivity index (χ2v) is 16.7. The van der Waals surface area contributed by atoms with Crippen LogP contribution in [-0.2, 0) is 10.0 Å². The van der Waals surface area contributed by atoms with Crippen LogP contribution >= 0.6 is 0 Å². The van der Waals surface area contributed by atoms with E-state index in [0.29, 0.717) is 28.9 Å². The van der Waals surface area contributed by atoms with E-state index in [4.69, 9.17) is 6.42 Å². The van der Waals surface area contributed by atoms with E-state index in [1.807, 2.05) is 13.0 Å². The second-order valence-electron chi connectivity index (χ2n) is 8.87. The van der Waals surface area contributed by atoms with E-state index >= 15 is 0 Å². The Hall–Kier alpha value is -1.84. The zero-order valence-corrected chi connectivity index (χ0v) is 21.4. The van der Waals surface area contributed by atoms with Crippen molar-refractivity contribution >= 4 is 23.9 Å². The molecule has 1 unspecified atom stereocenters. The van der Waals surface area contributed by atoms with E-state index in [0.717, 1.165) is 5.56 Å². The van der Waals surface area contributed by atoms with Crippen molar-refractivity contribution in [2.24, 2.45) is 4.99 Å². The zero-order chi connectivity index (χ0) is 23.1. The van der Waals surface area contributed by atoms with Crippen molar-refractivity contribution in [1.82, 2.24) is 4.72 Å². The molecule has 0 fully saturated rings. The standard InChI is InChI=1S/C24H38N2O2SSi/c1-10-12-23(30(18(3)4,19(5)6)20(7)8)24(25-17-11-2)26-29(27,28)22-15-13-21(9)14-16-22/h2,10,13-16,18-20,23H,1,12,17H2,3-9H3,(H,25,26). The van der Waals surface area contributed by atoms with Gasteiger partial charge in [0, 0.05) is 5.54 Å². The highest BCUT2D eigenvalue weighted by Gasteiger charge is 2.50. The quantitative estimate of drug-likeness (QED) is 0.159. The monoisotopic (exact) mass is 446 g/mol. The molecule has 0 aliphatic rings. The maximum Gasteiger partial charge on any atom is 0.262 e. The Morgan fingerprint density at radius 1 is 1.13 bits per heavy atom. The molecule has 0 spiro atoms. The molecule has 166 valence electrons. The van der Waals surface area contributed by atoms with Gasteiger partial charge in [-0.05, 0) is 42.1 Å². The molecule has 1 N–H and O–H groups in total. The van der Waals surface area contributed by atoms with E-state index in [9.17, 15) is 8.42 Å². The molecular weight excluding hydrogens is 408 g/mol. The first-order chi connectivity index (χ1) is 13.9. The summed E-state index contributed by atoms with van der Waals surface area (Å²) in [5.41, 5.74) is 2.28. The highest BCUT2D eigenvalue weighted by Crippen LogP contribution is 2.51. The van der Waals surface area contributed by atoms with E-state index in [-0.39, 0.29) is 17.0 Å². The van der Waals surface area contributed by atoms with Gasteiger partial charge in [0.05, 0.1) is 13.0 Å². The number of nitrogens with one attached hydrogen (secondary N) is 1. The van der Waals surface area contributed by atoms with Crippen LogP contribution in [-0.4, -0.2) is 28.9 Å². The topological polar surface area (TPSA) is 58.5 Å². The molecule has 0 aromatic heterocycles. The molecule has 0 saturated carbocycles. The summed E-state index contributed by atoms with van der Waals surface area (Å²) in [5.74, 6) is 3.02. The van der Waals surface area contributed by atoms with Crippen molar-refractivity contribution < 1.29 is 8.42 Å². The van der Waals surface area contributed by atoms with Crippen LogP contribution in [0.2, 0.25) is 22.2 Å². The third-order valence-electron chi connectivity index (χ3n) is 6.25.